The van der Waals surface area contributed by atoms with Crippen molar-refractivity contribution < 1.29 is 4.79 Å². The highest BCUT2D eigenvalue weighted by molar-refractivity contribution is 5.81. The topological polar surface area (TPSA) is 29.1 Å². The Hall–Kier alpha value is -0.370. The molecule has 0 aliphatic heterocycles. The normalized spacial score (nSPS) is 14.9. The van der Waals surface area contributed by atoms with Gasteiger partial charge in [0.2, 0.25) is 0 Å². The van der Waals surface area contributed by atoms with E-state index in [1.807, 2.05) is 0 Å². The summed E-state index contributed by atoms with van der Waals surface area (Å²) in [5.74, 6) is 0.585. The highest BCUT2D eigenvalue weighted by Crippen LogP contribution is 2.08. The van der Waals surface area contributed by atoms with Gasteiger partial charge in [0.05, 0.1) is 6.04 Å². The van der Waals surface area contributed by atoms with Crippen LogP contribution in [-0.2, 0) is 4.79 Å². The maximum atomic E-state index is 11.2. The van der Waals surface area contributed by atoms with Gasteiger partial charge in [-0.2, -0.15) is 0 Å². The van der Waals surface area contributed by atoms with Crippen LogP contribution in [0.3, 0.4) is 0 Å². The predicted molar refractivity (Wildman–Crippen MR) is 52.2 cm³/mol. The molecule has 12 heavy (non-hydrogen) atoms. The van der Waals surface area contributed by atoms with Crippen LogP contribution in [0.1, 0.15) is 41.5 Å². The highest BCUT2D eigenvalue weighted by atomic mass is 16.1. The molecule has 0 spiro atoms. The van der Waals surface area contributed by atoms with Gasteiger partial charge >= 0.3 is 0 Å². The molecule has 2 nitrogen and oxygen atoms in total. The maximum absolute atomic E-state index is 11.2. The first-order valence-corrected chi connectivity index (χ1v) is 4.52. The number of nitrogens with one attached hydrogen (secondary N) is 1. The summed E-state index contributed by atoms with van der Waals surface area (Å²) in [6, 6.07) is -0.00926. The Balaban J connectivity index is 4.25. The minimum Gasteiger partial charge on any atom is -0.303 e. The van der Waals surface area contributed by atoms with Crippen LogP contribution in [0.5, 0.6) is 0 Å². The van der Waals surface area contributed by atoms with Crippen molar-refractivity contribution in [1.82, 2.24) is 5.32 Å². The van der Waals surface area contributed by atoms with Crippen molar-refractivity contribution in [1.29, 1.82) is 0 Å². The molecular weight excluding hydrogens is 150 g/mol. The van der Waals surface area contributed by atoms with Crippen LogP contribution in [-0.4, -0.2) is 17.4 Å². The van der Waals surface area contributed by atoms with Gasteiger partial charge in [0.25, 0.3) is 0 Å². The van der Waals surface area contributed by atoms with Gasteiger partial charge in [0, 0.05) is 5.54 Å². The van der Waals surface area contributed by atoms with Crippen LogP contribution < -0.4 is 5.32 Å². The largest absolute Gasteiger partial charge is 0.303 e. The monoisotopic (exact) mass is 171 g/mol. The number of Topliss-reactive ketones (excluding diaryl/α,β-unsaturated/α-hetero) is 1. The lowest BCUT2D eigenvalue weighted by Gasteiger charge is -2.29. The van der Waals surface area contributed by atoms with Gasteiger partial charge in [-0.25, -0.2) is 0 Å². The van der Waals surface area contributed by atoms with Crippen molar-refractivity contribution in [2.45, 2.75) is 53.1 Å². The summed E-state index contributed by atoms with van der Waals surface area (Å²) in [5.41, 5.74) is 0.0145. The van der Waals surface area contributed by atoms with Crippen LogP contribution in [0.25, 0.3) is 0 Å². The van der Waals surface area contributed by atoms with E-state index in [-0.39, 0.29) is 17.4 Å². The van der Waals surface area contributed by atoms with E-state index in [1.54, 1.807) is 6.92 Å². The standard InChI is InChI=1S/C10H21NO/c1-7(2)9(8(3)12)11-10(4,5)6/h7,9,11H,1-6H3. The molecule has 0 saturated carbocycles. The van der Waals surface area contributed by atoms with E-state index in [9.17, 15) is 4.79 Å². The molecule has 0 bridgehead atoms. The van der Waals surface area contributed by atoms with E-state index in [1.165, 1.54) is 0 Å². The Kier molecular flexibility index (Phi) is 3.91. The molecule has 0 aromatic heterocycles. The first-order valence-electron chi connectivity index (χ1n) is 4.52. The fourth-order valence-electron chi connectivity index (χ4n) is 1.20. The van der Waals surface area contributed by atoms with E-state index in [0.717, 1.165) is 0 Å². The second-order valence-electron chi connectivity index (χ2n) is 4.73. The summed E-state index contributed by atoms with van der Waals surface area (Å²) >= 11 is 0. The average Bonchev–Trinajstić information content (AvgIpc) is 1.79. The lowest BCUT2D eigenvalue weighted by Crippen LogP contribution is -2.49. The smallest absolute Gasteiger partial charge is 0.146 e. The lowest BCUT2D eigenvalue weighted by molar-refractivity contribution is -0.120. The van der Waals surface area contributed by atoms with E-state index < -0.39 is 0 Å². The number of hydrogen-bond acceptors (Lipinski definition) is 2. The van der Waals surface area contributed by atoms with Crippen molar-refractivity contribution >= 4 is 5.78 Å². The number of ketones is 1. The Bertz CT molecular complexity index is 156. The molecule has 0 aliphatic carbocycles. The first-order chi connectivity index (χ1) is 5.24. The Labute approximate surface area is 75.7 Å². The minimum absolute atomic E-state index is 0.00926. The van der Waals surface area contributed by atoms with E-state index in [0.29, 0.717) is 5.92 Å². The minimum atomic E-state index is -0.00926. The van der Waals surface area contributed by atoms with Crippen molar-refractivity contribution in [3.63, 3.8) is 0 Å². The Morgan fingerprint density at radius 3 is 1.75 bits per heavy atom. The summed E-state index contributed by atoms with van der Waals surface area (Å²) in [5, 5.41) is 3.31. The summed E-state index contributed by atoms with van der Waals surface area (Å²) < 4.78 is 0. The van der Waals surface area contributed by atoms with E-state index in [2.05, 4.69) is 39.9 Å². The number of carbonyl (C=O) groups excluding carboxylic acids is 1. The molecular formula is C10H21NO. The summed E-state index contributed by atoms with van der Waals surface area (Å²) in [6.07, 6.45) is 0. The third-order valence-electron chi connectivity index (χ3n) is 1.69. The number of carbonyl (C=O) groups is 1. The molecule has 0 saturated heterocycles. The van der Waals surface area contributed by atoms with Crippen LogP contribution in [0.15, 0.2) is 0 Å². The van der Waals surface area contributed by atoms with Gasteiger partial charge in [-0.15, -0.1) is 0 Å². The zero-order chi connectivity index (χ0) is 9.94. The lowest BCUT2D eigenvalue weighted by atomic mass is 9.97. The van der Waals surface area contributed by atoms with Crippen LogP contribution in [0.4, 0.5) is 0 Å². The predicted octanol–water partition coefficient (Wildman–Crippen LogP) is 1.99. The SMILES string of the molecule is CC(=O)C(NC(C)(C)C)C(C)C. The van der Waals surface area contributed by atoms with Gasteiger partial charge in [-0.05, 0) is 33.6 Å². The molecule has 0 heterocycles. The zero-order valence-electron chi connectivity index (χ0n) is 9.06. The second kappa shape index (κ2) is 4.04. The van der Waals surface area contributed by atoms with Gasteiger partial charge in [-0.1, -0.05) is 13.8 Å². The third kappa shape index (κ3) is 4.50. The van der Waals surface area contributed by atoms with E-state index in [4.69, 9.17) is 0 Å². The molecule has 0 fully saturated rings. The van der Waals surface area contributed by atoms with E-state index >= 15 is 0 Å². The first kappa shape index (κ1) is 11.6. The summed E-state index contributed by atoms with van der Waals surface area (Å²) in [4.78, 5) is 11.2. The Morgan fingerprint density at radius 1 is 1.25 bits per heavy atom. The van der Waals surface area contributed by atoms with Crippen molar-refractivity contribution in [2.75, 3.05) is 0 Å². The van der Waals surface area contributed by atoms with Crippen molar-refractivity contribution in [2.24, 2.45) is 5.92 Å². The molecule has 0 aliphatic rings. The molecule has 72 valence electrons. The van der Waals surface area contributed by atoms with Crippen LogP contribution in [0.2, 0.25) is 0 Å². The maximum Gasteiger partial charge on any atom is 0.146 e. The second-order valence-corrected chi connectivity index (χ2v) is 4.73. The zero-order valence-corrected chi connectivity index (χ0v) is 9.06. The molecule has 1 atom stereocenters. The van der Waals surface area contributed by atoms with Crippen LogP contribution >= 0.6 is 0 Å². The summed E-state index contributed by atoms with van der Waals surface area (Å²) in [6.45, 7) is 12.0. The molecule has 0 amide bonds. The van der Waals surface area contributed by atoms with Crippen molar-refractivity contribution in [3.05, 3.63) is 0 Å². The van der Waals surface area contributed by atoms with Crippen molar-refractivity contribution in [3.8, 4) is 0 Å². The highest BCUT2D eigenvalue weighted by Gasteiger charge is 2.23. The number of rotatable bonds is 3. The molecule has 0 aromatic rings. The van der Waals surface area contributed by atoms with Gasteiger partial charge in [0.1, 0.15) is 5.78 Å². The molecule has 0 rings (SSSR count). The fourth-order valence-corrected chi connectivity index (χ4v) is 1.20. The summed E-state index contributed by atoms with van der Waals surface area (Å²) in [7, 11) is 0. The molecule has 2 heteroatoms. The molecule has 0 aromatic carbocycles. The average molecular weight is 171 g/mol. The molecule has 0 radical (unpaired) electrons. The van der Waals surface area contributed by atoms with Gasteiger partial charge in [0.15, 0.2) is 0 Å². The quantitative estimate of drug-likeness (QED) is 0.703. The van der Waals surface area contributed by atoms with Gasteiger partial charge < -0.3 is 5.32 Å². The van der Waals surface area contributed by atoms with Gasteiger partial charge in [-0.3, -0.25) is 4.79 Å². The molecule has 1 N–H and O–H groups in total. The van der Waals surface area contributed by atoms with Crippen LogP contribution in [0, 0.1) is 5.92 Å². The number of hydrogen-bond donors (Lipinski definition) is 1. The molecule has 1 unspecified atom stereocenters. The fraction of sp³-hybridized carbons (Fsp3) is 0.900. The Morgan fingerprint density at radius 2 is 1.67 bits per heavy atom. The third-order valence-corrected chi connectivity index (χ3v) is 1.69.